The Morgan fingerprint density at radius 2 is 1.23 bits per heavy atom. The van der Waals surface area contributed by atoms with Crippen molar-refractivity contribution in [2.45, 2.75) is 140 Å². The lowest BCUT2D eigenvalue weighted by Crippen LogP contribution is -2.54. The van der Waals surface area contributed by atoms with Gasteiger partial charge in [-0.05, 0) is 181 Å². The Balaban J connectivity index is 0.756. The molecular formula is C62H79FN10O4. The highest BCUT2D eigenvalue weighted by atomic mass is 19.1. The number of likely N-dealkylation sites (N-methyl/N-ethyl adjacent to an activating group) is 2. The molecule has 0 saturated carbocycles. The zero-order valence-corrected chi connectivity index (χ0v) is 46.1. The largest absolute Gasteiger partial charge is 0.462 e. The normalized spacial score (nSPS) is 28.2. The summed E-state index contributed by atoms with van der Waals surface area (Å²) < 4.78 is 27.3. The molecule has 12 rings (SSSR count). The number of hydrogen-bond acceptors (Lipinski definition) is 12. The lowest BCUT2D eigenvalue weighted by Gasteiger charge is -2.45. The van der Waals surface area contributed by atoms with E-state index < -0.39 is 11.7 Å². The van der Waals surface area contributed by atoms with E-state index in [-0.39, 0.29) is 34.9 Å². The second-order valence-corrected chi connectivity index (χ2v) is 24.6. The number of piperazine rings is 2. The summed E-state index contributed by atoms with van der Waals surface area (Å²) in [6.07, 6.45) is 17.0. The Morgan fingerprint density at radius 1 is 0.662 bits per heavy atom. The molecule has 4 aliphatic heterocycles. The number of rotatable bonds is 11. The number of aryl methyl sites for hydroxylation is 1. The summed E-state index contributed by atoms with van der Waals surface area (Å²) in [5.74, 6) is 0.716. The van der Waals surface area contributed by atoms with Crippen LogP contribution in [0.25, 0.3) is 0 Å². The number of nitrogens with zero attached hydrogens (tertiary/aromatic N) is 10. The molecule has 4 aromatic rings. The lowest BCUT2D eigenvalue weighted by molar-refractivity contribution is -0.129. The third-order valence-electron chi connectivity index (χ3n) is 19.8. The zero-order chi connectivity index (χ0) is 53.2. The Labute approximate surface area is 455 Å². The first-order valence-corrected chi connectivity index (χ1v) is 29.0. The van der Waals surface area contributed by atoms with Crippen LogP contribution in [-0.4, -0.2) is 155 Å². The number of aromatic nitrogens is 4. The van der Waals surface area contributed by atoms with Gasteiger partial charge >= 0.3 is 12.0 Å². The van der Waals surface area contributed by atoms with Crippen molar-refractivity contribution >= 4 is 23.5 Å². The van der Waals surface area contributed by atoms with Gasteiger partial charge in [0.15, 0.2) is 5.83 Å². The smallest absolute Gasteiger partial charge is 0.318 e. The van der Waals surface area contributed by atoms with E-state index in [1.54, 1.807) is 4.90 Å². The molecule has 4 fully saturated rings. The summed E-state index contributed by atoms with van der Waals surface area (Å²) in [7, 11) is 4.41. The molecule has 0 N–H and O–H groups in total. The van der Waals surface area contributed by atoms with E-state index in [1.165, 1.54) is 51.4 Å². The van der Waals surface area contributed by atoms with E-state index in [0.29, 0.717) is 76.5 Å². The van der Waals surface area contributed by atoms with Gasteiger partial charge in [-0.2, -0.15) is 19.9 Å². The Morgan fingerprint density at radius 3 is 1.84 bits per heavy atom. The van der Waals surface area contributed by atoms with Gasteiger partial charge in [0.2, 0.25) is 5.91 Å². The van der Waals surface area contributed by atoms with E-state index >= 15 is 0 Å². The van der Waals surface area contributed by atoms with Gasteiger partial charge in [-0.1, -0.05) is 55.6 Å². The number of anilines is 2. The molecule has 0 bridgehead atoms. The minimum absolute atomic E-state index is 0.0176. The van der Waals surface area contributed by atoms with Crippen molar-refractivity contribution in [1.82, 2.24) is 39.5 Å². The van der Waals surface area contributed by atoms with Crippen molar-refractivity contribution in [3.05, 3.63) is 118 Å². The van der Waals surface area contributed by atoms with Crippen molar-refractivity contribution in [2.24, 2.45) is 10.8 Å². The van der Waals surface area contributed by atoms with Crippen LogP contribution in [-0.2, 0) is 61.0 Å². The Kier molecular flexibility index (Phi) is 14.2. The van der Waals surface area contributed by atoms with Gasteiger partial charge in [-0.3, -0.25) is 14.5 Å². The molecule has 15 heteroatoms. The lowest BCUT2D eigenvalue weighted by atomic mass is 9.62. The molecule has 2 aromatic heterocycles. The Bertz CT molecular complexity index is 2950. The molecule has 2 amide bonds. The molecule has 2 spiro atoms. The summed E-state index contributed by atoms with van der Waals surface area (Å²) in [6.45, 7) is 17.8. The molecule has 4 aliphatic carbocycles. The van der Waals surface area contributed by atoms with E-state index in [9.17, 15) is 14.0 Å². The summed E-state index contributed by atoms with van der Waals surface area (Å²) in [5, 5.41) is 0. The number of ether oxygens (including phenoxy) is 2. The number of benzene rings is 2. The molecule has 6 heterocycles. The van der Waals surface area contributed by atoms with Gasteiger partial charge in [0.05, 0.1) is 11.4 Å². The standard InChI is InChI=1S/C62H79FN10O4/c1-7-55(74)70-26-28-72(40(2)35-70)56-52-20-24-62(34-54(52)64-59(66-56)76-38-47-15-11-25-68(47)5)22-18-50-45(32-62)14-10-16-49(50)46-30-48(69(6)37-46)39-77-60-65-53-33-61(21-17-43-12-8-9-13-44(43)31-61)23-19-51(53)57(67-60)73-29-27-71(36-41(73)3)58(75)42(4)63/h7-10,12-14,16,40-41,46-48H,1,4,11,15,17-39H2,2-3,5-6H3. The topological polar surface area (TPSA) is 124 Å². The number of fused-ring (bicyclic) bond motifs is 4. The summed E-state index contributed by atoms with van der Waals surface area (Å²) in [5.41, 5.74) is 12.3. The van der Waals surface area contributed by atoms with Crippen LogP contribution in [0, 0.1) is 10.8 Å². The molecule has 77 heavy (non-hydrogen) atoms. The van der Waals surface area contributed by atoms with Gasteiger partial charge in [0.25, 0.3) is 5.91 Å². The van der Waals surface area contributed by atoms with E-state index in [1.807, 2.05) is 4.90 Å². The van der Waals surface area contributed by atoms with E-state index in [0.717, 1.165) is 126 Å². The zero-order valence-electron chi connectivity index (χ0n) is 46.1. The van der Waals surface area contributed by atoms with Gasteiger partial charge in [-0.15, -0.1) is 0 Å². The molecule has 8 aliphatic rings. The van der Waals surface area contributed by atoms with Crippen LogP contribution in [0.4, 0.5) is 16.0 Å². The minimum atomic E-state index is -0.916. The van der Waals surface area contributed by atoms with Gasteiger partial charge in [0.1, 0.15) is 24.8 Å². The van der Waals surface area contributed by atoms with Crippen molar-refractivity contribution in [3.63, 3.8) is 0 Å². The van der Waals surface area contributed by atoms with Crippen LogP contribution in [0.1, 0.15) is 115 Å². The average Bonchev–Trinajstić information content (AvgIpc) is 4.06. The molecule has 14 nitrogen and oxygen atoms in total. The second kappa shape index (κ2) is 21.0. The first-order chi connectivity index (χ1) is 37.2. The highest BCUT2D eigenvalue weighted by Crippen LogP contribution is 2.50. The minimum Gasteiger partial charge on any atom is -0.462 e. The fourth-order valence-corrected chi connectivity index (χ4v) is 15.3. The SMILES string of the molecule is C=CC(=O)N1CCN(c2nc(OCC3CCCN3C)nc3c2CCC2(CCc4c(cccc4C4CC(COc5nc6c(c(N7CCN(C(=O)C(=C)F)CC7C)n5)CCC5(CCc7ccccc7C5)C6)N(C)C4)C2)C3)C(C)C1. The summed E-state index contributed by atoms with van der Waals surface area (Å²) in [6, 6.07) is 17.5. The maximum absolute atomic E-state index is 14.0. The molecule has 408 valence electrons. The molecule has 2 aromatic carbocycles. The third kappa shape index (κ3) is 10.1. The molecule has 7 unspecified atom stereocenters. The molecule has 4 saturated heterocycles. The molecule has 7 atom stereocenters. The van der Waals surface area contributed by atoms with Gasteiger partial charge in [-0.25, -0.2) is 4.39 Å². The Hall–Kier alpha value is -5.93. The van der Waals surface area contributed by atoms with E-state index in [2.05, 4.69) is 103 Å². The predicted molar refractivity (Wildman–Crippen MR) is 298 cm³/mol. The number of amides is 2. The van der Waals surface area contributed by atoms with Crippen LogP contribution in [0.2, 0.25) is 0 Å². The fraction of sp³-hybridized carbons (Fsp3) is 0.581. The predicted octanol–water partition coefficient (Wildman–Crippen LogP) is 7.68. The first-order valence-electron chi connectivity index (χ1n) is 29.0. The van der Waals surface area contributed by atoms with Crippen molar-refractivity contribution < 1.29 is 23.5 Å². The van der Waals surface area contributed by atoms with Crippen LogP contribution < -0.4 is 19.3 Å². The van der Waals surface area contributed by atoms with Gasteiger partial charge in [0, 0.05) is 81.1 Å². The van der Waals surface area contributed by atoms with Crippen molar-refractivity contribution in [2.75, 3.05) is 89.5 Å². The van der Waals surface area contributed by atoms with Gasteiger partial charge < -0.3 is 34.0 Å². The number of hydrogen-bond donors (Lipinski definition) is 0. The molecular weight excluding hydrogens is 968 g/mol. The second-order valence-electron chi connectivity index (χ2n) is 24.6. The number of halogens is 1. The monoisotopic (exact) mass is 1050 g/mol. The number of likely N-dealkylation sites (tertiary alicyclic amines) is 2. The first kappa shape index (κ1) is 51.8. The van der Waals surface area contributed by atoms with E-state index in [4.69, 9.17) is 29.4 Å². The number of carbonyl (C=O) groups is 2. The summed E-state index contributed by atoms with van der Waals surface area (Å²) in [4.78, 5) is 59.3. The fourth-order valence-electron chi connectivity index (χ4n) is 15.3. The van der Waals surface area contributed by atoms with Crippen molar-refractivity contribution in [3.8, 4) is 12.0 Å². The van der Waals surface area contributed by atoms with Crippen LogP contribution in [0.3, 0.4) is 0 Å². The van der Waals surface area contributed by atoms with Crippen LogP contribution in [0.5, 0.6) is 12.0 Å². The average molecular weight is 1050 g/mol. The highest BCUT2D eigenvalue weighted by Gasteiger charge is 2.44. The summed E-state index contributed by atoms with van der Waals surface area (Å²) >= 11 is 0. The maximum Gasteiger partial charge on any atom is 0.318 e. The van der Waals surface area contributed by atoms with Crippen LogP contribution in [0.15, 0.2) is 67.5 Å². The highest BCUT2D eigenvalue weighted by molar-refractivity contribution is 5.90. The van der Waals surface area contributed by atoms with Crippen molar-refractivity contribution in [1.29, 1.82) is 0 Å². The number of carbonyl (C=O) groups excluding carboxylic acids is 2. The third-order valence-corrected chi connectivity index (χ3v) is 19.8. The molecule has 0 radical (unpaired) electrons. The van der Waals surface area contributed by atoms with Crippen LogP contribution >= 0.6 is 0 Å². The maximum atomic E-state index is 14.0. The quantitative estimate of drug-likeness (QED) is 0.137.